The highest BCUT2D eigenvalue weighted by Gasteiger charge is 2.12. The van der Waals surface area contributed by atoms with Gasteiger partial charge in [-0.05, 0) is 30.2 Å². The van der Waals surface area contributed by atoms with Crippen LogP contribution in [0, 0.1) is 11.6 Å². The lowest BCUT2D eigenvalue weighted by atomic mass is 10.1. The molecule has 0 radical (unpaired) electrons. The Morgan fingerprint density at radius 3 is 2.50 bits per heavy atom. The van der Waals surface area contributed by atoms with Crippen LogP contribution in [0.15, 0.2) is 24.3 Å². The van der Waals surface area contributed by atoms with E-state index >= 15 is 0 Å². The van der Waals surface area contributed by atoms with E-state index in [0.717, 1.165) is 18.2 Å². The van der Waals surface area contributed by atoms with Crippen molar-refractivity contribution in [3.63, 3.8) is 0 Å². The van der Waals surface area contributed by atoms with Crippen molar-refractivity contribution in [1.29, 1.82) is 0 Å². The fourth-order valence-electron chi connectivity index (χ4n) is 1.61. The van der Waals surface area contributed by atoms with Gasteiger partial charge in [0.15, 0.2) is 0 Å². The summed E-state index contributed by atoms with van der Waals surface area (Å²) >= 11 is 0. The van der Waals surface area contributed by atoms with Gasteiger partial charge in [0.05, 0.1) is 5.69 Å². The number of anilines is 1. The summed E-state index contributed by atoms with van der Waals surface area (Å²) in [7, 11) is 0. The molecule has 94 valence electrons. The van der Waals surface area contributed by atoms with E-state index in [1.54, 1.807) is 6.07 Å². The van der Waals surface area contributed by atoms with Gasteiger partial charge in [-0.15, -0.1) is 0 Å². The molecule has 0 fully saturated rings. The molecule has 0 aliphatic carbocycles. The number of hydrogen-bond acceptors (Lipinski definition) is 3. The van der Waals surface area contributed by atoms with Crippen molar-refractivity contribution in [3.8, 4) is 11.3 Å². The minimum Gasteiger partial charge on any atom is -0.368 e. The largest absolute Gasteiger partial charge is 0.368 e. The van der Waals surface area contributed by atoms with Crippen molar-refractivity contribution in [1.82, 2.24) is 9.97 Å². The first-order chi connectivity index (χ1) is 8.47. The van der Waals surface area contributed by atoms with Crippen molar-refractivity contribution < 1.29 is 8.78 Å². The normalized spacial score (nSPS) is 10.9. The maximum absolute atomic E-state index is 13.7. The van der Waals surface area contributed by atoms with Gasteiger partial charge in [-0.25, -0.2) is 18.7 Å². The Morgan fingerprint density at radius 2 is 1.83 bits per heavy atom. The third kappa shape index (κ3) is 2.45. The lowest BCUT2D eigenvalue weighted by Crippen LogP contribution is -2.03. The van der Waals surface area contributed by atoms with Crippen molar-refractivity contribution in [2.24, 2.45) is 0 Å². The second-order valence-electron chi connectivity index (χ2n) is 4.32. The lowest BCUT2D eigenvalue weighted by molar-refractivity contribution is 0.602. The van der Waals surface area contributed by atoms with Crippen LogP contribution in [0.25, 0.3) is 11.3 Å². The van der Waals surface area contributed by atoms with E-state index < -0.39 is 11.6 Å². The highest BCUT2D eigenvalue weighted by molar-refractivity contribution is 5.61. The molecule has 0 amide bonds. The number of aromatic nitrogens is 2. The van der Waals surface area contributed by atoms with Crippen LogP contribution >= 0.6 is 0 Å². The van der Waals surface area contributed by atoms with Crippen molar-refractivity contribution >= 4 is 5.95 Å². The summed E-state index contributed by atoms with van der Waals surface area (Å²) in [5.74, 6) is -0.871. The van der Waals surface area contributed by atoms with Gasteiger partial charge in [-0.3, -0.25) is 0 Å². The molecule has 3 nitrogen and oxygen atoms in total. The predicted molar refractivity (Wildman–Crippen MR) is 65.9 cm³/mol. The molecule has 2 rings (SSSR count). The maximum Gasteiger partial charge on any atom is 0.220 e. The fraction of sp³-hybridized carbons (Fsp3) is 0.231. The number of rotatable bonds is 2. The molecule has 0 aliphatic heterocycles. The fourth-order valence-corrected chi connectivity index (χ4v) is 1.61. The number of hydrogen-bond donors (Lipinski definition) is 1. The number of nitrogens with zero attached hydrogens (tertiary/aromatic N) is 2. The summed E-state index contributed by atoms with van der Waals surface area (Å²) in [6.07, 6.45) is 0. The van der Waals surface area contributed by atoms with Crippen LogP contribution < -0.4 is 5.73 Å². The van der Waals surface area contributed by atoms with Gasteiger partial charge in [-0.2, -0.15) is 0 Å². The molecule has 2 N–H and O–H groups in total. The monoisotopic (exact) mass is 249 g/mol. The smallest absolute Gasteiger partial charge is 0.220 e. The Kier molecular flexibility index (Phi) is 3.23. The Bertz CT molecular complexity index is 582. The van der Waals surface area contributed by atoms with Gasteiger partial charge in [0.1, 0.15) is 11.6 Å². The van der Waals surface area contributed by atoms with E-state index in [9.17, 15) is 8.78 Å². The van der Waals surface area contributed by atoms with Crippen LogP contribution in [0.4, 0.5) is 14.7 Å². The summed E-state index contributed by atoms with van der Waals surface area (Å²) in [5, 5.41) is 0. The van der Waals surface area contributed by atoms with Gasteiger partial charge in [-0.1, -0.05) is 13.8 Å². The lowest BCUT2D eigenvalue weighted by Gasteiger charge is -2.09. The molecule has 1 heterocycles. The number of halogens is 2. The Labute approximate surface area is 104 Å². The van der Waals surface area contributed by atoms with E-state index in [0.29, 0.717) is 11.4 Å². The molecule has 1 aromatic heterocycles. The van der Waals surface area contributed by atoms with Crippen LogP contribution in [0.2, 0.25) is 0 Å². The van der Waals surface area contributed by atoms with E-state index in [-0.39, 0.29) is 17.4 Å². The molecular weight excluding hydrogens is 236 g/mol. The Morgan fingerprint density at radius 1 is 1.11 bits per heavy atom. The molecule has 0 saturated carbocycles. The van der Waals surface area contributed by atoms with Crippen molar-refractivity contribution in [2.45, 2.75) is 19.8 Å². The SMILES string of the molecule is CC(C)c1cc(-c2cc(F)ccc2F)nc(N)n1. The standard InChI is InChI=1S/C13H13F2N3/c1-7(2)11-6-12(18-13(16)17-11)9-5-8(14)3-4-10(9)15/h3-7H,1-2H3,(H2,16,17,18). The van der Waals surface area contributed by atoms with Crippen LogP contribution in [0.1, 0.15) is 25.5 Å². The first-order valence-electron chi connectivity index (χ1n) is 5.57. The van der Waals surface area contributed by atoms with Crippen LogP contribution in [0.3, 0.4) is 0 Å². The zero-order valence-electron chi connectivity index (χ0n) is 10.1. The first kappa shape index (κ1) is 12.4. The maximum atomic E-state index is 13.7. The summed E-state index contributed by atoms with van der Waals surface area (Å²) < 4.78 is 26.8. The molecule has 0 spiro atoms. The molecular formula is C13H13F2N3. The first-order valence-corrected chi connectivity index (χ1v) is 5.57. The molecule has 1 aromatic carbocycles. The van der Waals surface area contributed by atoms with Gasteiger partial charge < -0.3 is 5.73 Å². The molecule has 18 heavy (non-hydrogen) atoms. The second kappa shape index (κ2) is 4.68. The summed E-state index contributed by atoms with van der Waals surface area (Å²) in [4.78, 5) is 8.01. The van der Waals surface area contributed by atoms with Crippen molar-refractivity contribution in [3.05, 3.63) is 41.6 Å². The third-order valence-electron chi connectivity index (χ3n) is 2.56. The Hall–Kier alpha value is -2.04. The van der Waals surface area contributed by atoms with Crippen LogP contribution in [0.5, 0.6) is 0 Å². The zero-order chi connectivity index (χ0) is 13.3. The topological polar surface area (TPSA) is 51.8 Å². The average Bonchev–Trinajstić information content (AvgIpc) is 2.31. The molecule has 2 aromatic rings. The number of nitrogens with two attached hydrogens (primary N) is 1. The minimum atomic E-state index is -0.538. The van der Waals surface area contributed by atoms with Crippen LogP contribution in [-0.2, 0) is 0 Å². The number of nitrogen functional groups attached to an aromatic ring is 1. The molecule has 5 heteroatoms. The molecule has 0 bridgehead atoms. The highest BCUT2D eigenvalue weighted by atomic mass is 19.1. The molecule has 0 atom stereocenters. The third-order valence-corrected chi connectivity index (χ3v) is 2.56. The van der Waals surface area contributed by atoms with E-state index in [2.05, 4.69) is 9.97 Å². The summed E-state index contributed by atoms with van der Waals surface area (Å²) in [6, 6.07) is 4.85. The Balaban J connectivity index is 2.60. The highest BCUT2D eigenvalue weighted by Crippen LogP contribution is 2.25. The van der Waals surface area contributed by atoms with Gasteiger partial charge in [0.2, 0.25) is 5.95 Å². The zero-order valence-corrected chi connectivity index (χ0v) is 10.1. The van der Waals surface area contributed by atoms with Gasteiger partial charge in [0, 0.05) is 11.3 Å². The predicted octanol–water partition coefficient (Wildman–Crippen LogP) is 3.13. The summed E-state index contributed by atoms with van der Waals surface area (Å²) in [5.41, 5.74) is 6.66. The molecule has 0 aliphatic rings. The summed E-state index contributed by atoms with van der Waals surface area (Å²) in [6.45, 7) is 3.88. The minimum absolute atomic E-state index is 0.0554. The van der Waals surface area contributed by atoms with E-state index in [4.69, 9.17) is 5.73 Å². The van der Waals surface area contributed by atoms with Crippen LogP contribution in [-0.4, -0.2) is 9.97 Å². The van der Waals surface area contributed by atoms with Gasteiger partial charge in [0.25, 0.3) is 0 Å². The second-order valence-corrected chi connectivity index (χ2v) is 4.32. The van der Waals surface area contributed by atoms with E-state index in [1.807, 2.05) is 13.8 Å². The van der Waals surface area contributed by atoms with Crippen molar-refractivity contribution in [2.75, 3.05) is 5.73 Å². The molecule has 0 unspecified atom stereocenters. The molecule has 0 saturated heterocycles. The quantitative estimate of drug-likeness (QED) is 0.889. The van der Waals surface area contributed by atoms with Gasteiger partial charge >= 0.3 is 0 Å². The number of benzene rings is 1. The average molecular weight is 249 g/mol. The van der Waals surface area contributed by atoms with E-state index in [1.165, 1.54) is 0 Å².